The first-order chi connectivity index (χ1) is 6.43. The third-order valence-corrected chi connectivity index (χ3v) is 2.08. The van der Waals surface area contributed by atoms with Crippen LogP contribution in [0.5, 0.6) is 0 Å². The van der Waals surface area contributed by atoms with Crippen molar-refractivity contribution in [2.45, 2.75) is 53.1 Å². The monoisotopic (exact) mass is 200 g/mol. The van der Waals surface area contributed by atoms with Crippen molar-refractivity contribution in [2.24, 2.45) is 5.92 Å². The van der Waals surface area contributed by atoms with Gasteiger partial charge in [-0.25, -0.2) is 0 Å². The fourth-order valence-corrected chi connectivity index (χ4v) is 1.29. The van der Waals surface area contributed by atoms with E-state index in [1.807, 2.05) is 13.8 Å². The van der Waals surface area contributed by atoms with Crippen LogP contribution in [0.25, 0.3) is 0 Å². The summed E-state index contributed by atoms with van der Waals surface area (Å²) in [5.74, 6) is 0.257. The Labute approximate surface area is 85.8 Å². The summed E-state index contributed by atoms with van der Waals surface area (Å²) in [5, 5.41) is 0. The second-order valence-corrected chi connectivity index (χ2v) is 3.99. The normalized spacial score (nSPS) is 12.6. The van der Waals surface area contributed by atoms with Gasteiger partial charge in [0.1, 0.15) is 11.9 Å². The van der Waals surface area contributed by atoms with E-state index >= 15 is 0 Å². The standard InChI is InChI=1S/C11H20O3/c1-8(2)11(14-10(4)13)7-5-6-9(3)12/h8,11H,5-7H2,1-4H3. The molecular weight excluding hydrogens is 180 g/mol. The highest BCUT2D eigenvalue weighted by molar-refractivity contribution is 5.75. The SMILES string of the molecule is CC(=O)CCCC(OC(C)=O)C(C)C. The van der Waals surface area contributed by atoms with E-state index < -0.39 is 0 Å². The minimum absolute atomic E-state index is 0.0492. The topological polar surface area (TPSA) is 43.4 Å². The van der Waals surface area contributed by atoms with Gasteiger partial charge in [-0.2, -0.15) is 0 Å². The van der Waals surface area contributed by atoms with Crippen LogP contribution in [-0.2, 0) is 14.3 Å². The van der Waals surface area contributed by atoms with E-state index in [9.17, 15) is 9.59 Å². The summed E-state index contributed by atoms with van der Waals surface area (Å²) in [6.07, 6.45) is 2.10. The highest BCUT2D eigenvalue weighted by Crippen LogP contribution is 2.14. The summed E-state index contributed by atoms with van der Waals surface area (Å²) < 4.78 is 5.14. The highest BCUT2D eigenvalue weighted by atomic mass is 16.5. The van der Waals surface area contributed by atoms with Crippen molar-refractivity contribution in [3.05, 3.63) is 0 Å². The van der Waals surface area contributed by atoms with Gasteiger partial charge in [0, 0.05) is 13.3 Å². The van der Waals surface area contributed by atoms with Crippen molar-refractivity contribution in [3.63, 3.8) is 0 Å². The van der Waals surface area contributed by atoms with E-state index in [0.717, 1.165) is 12.8 Å². The number of esters is 1. The van der Waals surface area contributed by atoms with Gasteiger partial charge in [0.05, 0.1) is 0 Å². The summed E-state index contributed by atoms with van der Waals surface area (Å²) in [5.41, 5.74) is 0. The lowest BCUT2D eigenvalue weighted by Crippen LogP contribution is -2.22. The molecule has 0 amide bonds. The average molecular weight is 200 g/mol. The molecule has 0 rings (SSSR count). The Kier molecular flexibility index (Phi) is 6.17. The average Bonchev–Trinajstić information content (AvgIpc) is 2.00. The van der Waals surface area contributed by atoms with Gasteiger partial charge in [-0.05, 0) is 25.7 Å². The number of carbonyl (C=O) groups excluding carboxylic acids is 2. The Balaban J connectivity index is 3.85. The van der Waals surface area contributed by atoms with E-state index in [2.05, 4.69) is 0 Å². The first-order valence-corrected chi connectivity index (χ1v) is 5.10. The van der Waals surface area contributed by atoms with Crippen molar-refractivity contribution < 1.29 is 14.3 Å². The van der Waals surface area contributed by atoms with Gasteiger partial charge in [-0.15, -0.1) is 0 Å². The van der Waals surface area contributed by atoms with Gasteiger partial charge in [-0.1, -0.05) is 13.8 Å². The van der Waals surface area contributed by atoms with Crippen LogP contribution >= 0.6 is 0 Å². The van der Waals surface area contributed by atoms with Crippen molar-refractivity contribution in [2.75, 3.05) is 0 Å². The Morgan fingerprint density at radius 3 is 2.14 bits per heavy atom. The fraction of sp³-hybridized carbons (Fsp3) is 0.818. The lowest BCUT2D eigenvalue weighted by Gasteiger charge is -2.20. The predicted molar refractivity (Wildman–Crippen MR) is 54.9 cm³/mol. The van der Waals surface area contributed by atoms with Crippen molar-refractivity contribution in [3.8, 4) is 0 Å². The molecule has 0 heterocycles. The number of ether oxygens (including phenoxy) is 1. The van der Waals surface area contributed by atoms with Crippen LogP contribution in [0.2, 0.25) is 0 Å². The first kappa shape index (κ1) is 13.1. The minimum atomic E-state index is -0.244. The van der Waals surface area contributed by atoms with Crippen LogP contribution in [0, 0.1) is 5.92 Å². The zero-order valence-electron chi connectivity index (χ0n) is 9.50. The number of rotatable bonds is 6. The van der Waals surface area contributed by atoms with E-state index in [1.165, 1.54) is 6.92 Å². The Hall–Kier alpha value is -0.860. The van der Waals surface area contributed by atoms with Gasteiger partial charge in [0.25, 0.3) is 0 Å². The quantitative estimate of drug-likeness (QED) is 0.618. The third kappa shape index (κ3) is 6.63. The molecule has 0 aliphatic carbocycles. The summed E-state index contributed by atoms with van der Waals surface area (Å²) in [6.45, 7) is 7.03. The molecular formula is C11H20O3. The van der Waals surface area contributed by atoms with Crippen molar-refractivity contribution >= 4 is 11.8 Å². The zero-order chi connectivity index (χ0) is 11.1. The third-order valence-electron chi connectivity index (χ3n) is 2.08. The molecule has 0 aromatic heterocycles. The van der Waals surface area contributed by atoms with E-state index in [4.69, 9.17) is 4.74 Å². The summed E-state index contributed by atoms with van der Waals surface area (Å²) in [4.78, 5) is 21.5. The smallest absolute Gasteiger partial charge is 0.302 e. The summed E-state index contributed by atoms with van der Waals surface area (Å²) in [7, 11) is 0. The number of Topliss-reactive ketones (excluding diaryl/α,β-unsaturated/α-hetero) is 1. The number of hydrogen-bond donors (Lipinski definition) is 0. The number of ketones is 1. The molecule has 0 aliphatic rings. The molecule has 1 atom stereocenters. The molecule has 0 radical (unpaired) electrons. The maximum absolute atomic E-state index is 10.8. The molecule has 0 spiro atoms. The fourth-order valence-electron chi connectivity index (χ4n) is 1.29. The van der Waals surface area contributed by atoms with Gasteiger partial charge in [-0.3, -0.25) is 4.79 Å². The van der Waals surface area contributed by atoms with Crippen molar-refractivity contribution in [1.82, 2.24) is 0 Å². The second-order valence-electron chi connectivity index (χ2n) is 3.99. The maximum Gasteiger partial charge on any atom is 0.302 e. The van der Waals surface area contributed by atoms with Crippen molar-refractivity contribution in [1.29, 1.82) is 0 Å². The second kappa shape index (κ2) is 6.57. The van der Waals surface area contributed by atoms with Crippen LogP contribution in [0.4, 0.5) is 0 Å². The van der Waals surface area contributed by atoms with Gasteiger partial charge >= 0.3 is 5.97 Å². The van der Waals surface area contributed by atoms with Crippen LogP contribution in [-0.4, -0.2) is 17.9 Å². The zero-order valence-corrected chi connectivity index (χ0v) is 9.50. The maximum atomic E-state index is 10.8. The molecule has 0 bridgehead atoms. The molecule has 82 valence electrons. The molecule has 3 heteroatoms. The van der Waals surface area contributed by atoms with Gasteiger partial charge in [0.15, 0.2) is 0 Å². The first-order valence-electron chi connectivity index (χ1n) is 5.10. The Morgan fingerprint density at radius 1 is 1.21 bits per heavy atom. The largest absolute Gasteiger partial charge is 0.462 e. The molecule has 3 nitrogen and oxygen atoms in total. The molecule has 1 unspecified atom stereocenters. The molecule has 0 saturated carbocycles. The minimum Gasteiger partial charge on any atom is -0.462 e. The summed E-state index contributed by atoms with van der Waals surface area (Å²) >= 11 is 0. The van der Waals surface area contributed by atoms with Crippen LogP contribution < -0.4 is 0 Å². The Morgan fingerprint density at radius 2 is 1.79 bits per heavy atom. The molecule has 0 aliphatic heterocycles. The summed E-state index contributed by atoms with van der Waals surface area (Å²) in [6, 6.07) is 0. The van der Waals surface area contributed by atoms with E-state index in [-0.39, 0.29) is 17.9 Å². The van der Waals surface area contributed by atoms with Crippen LogP contribution in [0.1, 0.15) is 47.0 Å². The molecule has 0 fully saturated rings. The molecule has 0 aromatic rings. The van der Waals surface area contributed by atoms with Crippen LogP contribution in [0.15, 0.2) is 0 Å². The number of hydrogen-bond acceptors (Lipinski definition) is 3. The highest BCUT2D eigenvalue weighted by Gasteiger charge is 2.15. The molecule has 0 saturated heterocycles. The Bertz CT molecular complexity index is 197. The molecule has 14 heavy (non-hydrogen) atoms. The van der Waals surface area contributed by atoms with E-state index in [1.54, 1.807) is 6.92 Å². The van der Waals surface area contributed by atoms with Crippen LogP contribution in [0.3, 0.4) is 0 Å². The molecule has 0 aromatic carbocycles. The predicted octanol–water partition coefficient (Wildman–Crippen LogP) is 2.33. The molecule has 0 N–H and O–H groups in total. The van der Waals surface area contributed by atoms with Gasteiger partial charge < -0.3 is 9.53 Å². The van der Waals surface area contributed by atoms with Gasteiger partial charge in [0.2, 0.25) is 0 Å². The van der Waals surface area contributed by atoms with E-state index in [0.29, 0.717) is 12.3 Å². The number of carbonyl (C=O) groups is 2. The lowest BCUT2D eigenvalue weighted by atomic mass is 10.0. The lowest BCUT2D eigenvalue weighted by molar-refractivity contribution is -0.148.